The molecule has 1 atom stereocenters. The van der Waals surface area contributed by atoms with Gasteiger partial charge < -0.3 is 14.4 Å². The van der Waals surface area contributed by atoms with E-state index in [9.17, 15) is 22.0 Å². The number of primary sulfonamides is 1. The number of methoxy groups -OCH3 is 1. The van der Waals surface area contributed by atoms with Crippen molar-refractivity contribution < 1.29 is 31.5 Å². The molecule has 0 aliphatic carbocycles. The molecule has 1 aliphatic heterocycles. The second kappa shape index (κ2) is 6.05. The summed E-state index contributed by atoms with van der Waals surface area (Å²) in [4.78, 5) is 13.1. The number of alkyl halides is 2. The molecule has 0 bridgehead atoms. The summed E-state index contributed by atoms with van der Waals surface area (Å²) in [6, 6.07) is 3.91. The van der Waals surface area contributed by atoms with E-state index in [0.717, 1.165) is 0 Å². The first-order valence-electron chi connectivity index (χ1n) is 6.17. The van der Waals surface area contributed by atoms with Crippen molar-refractivity contribution in [2.75, 3.05) is 18.6 Å². The van der Waals surface area contributed by atoms with E-state index in [4.69, 9.17) is 9.88 Å². The third kappa shape index (κ3) is 3.45. The van der Waals surface area contributed by atoms with Crippen LogP contribution in [0.1, 0.15) is 6.42 Å². The van der Waals surface area contributed by atoms with Crippen LogP contribution >= 0.6 is 0 Å². The number of amides is 1. The lowest BCUT2D eigenvalue weighted by atomic mass is 10.2. The summed E-state index contributed by atoms with van der Waals surface area (Å²) >= 11 is 0. The minimum atomic E-state index is -3.83. The van der Waals surface area contributed by atoms with Gasteiger partial charge in [-0.3, -0.25) is 4.79 Å². The first-order valence-corrected chi connectivity index (χ1v) is 7.78. The van der Waals surface area contributed by atoms with E-state index in [1.165, 1.54) is 30.2 Å². The molecule has 2 rings (SSSR count). The number of carbonyl (C=O) groups excluding carboxylic acids is 1. The van der Waals surface area contributed by atoms with E-state index < -0.39 is 27.8 Å². The van der Waals surface area contributed by atoms with Crippen molar-refractivity contribution >= 4 is 21.6 Å². The number of ether oxygens (including phenoxy) is 2. The number of hydrogen-bond donors (Lipinski definition) is 1. The first-order chi connectivity index (χ1) is 10.2. The van der Waals surface area contributed by atoms with Crippen LogP contribution in [0.5, 0.6) is 11.5 Å². The third-order valence-electron chi connectivity index (χ3n) is 3.23. The summed E-state index contributed by atoms with van der Waals surface area (Å²) in [6.45, 7) is -3.12. The molecule has 1 unspecified atom stereocenters. The molecular formula is C12H14F2N2O5S. The highest BCUT2D eigenvalue weighted by Gasteiger charge is 2.37. The van der Waals surface area contributed by atoms with Crippen LogP contribution in [0.2, 0.25) is 0 Å². The van der Waals surface area contributed by atoms with Gasteiger partial charge in [0, 0.05) is 24.7 Å². The molecule has 1 aliphatic rings. The fourth-order valence-corrected chi connectivity index (χ4v) is 2.89. The Balaban J connectivity index is 2.28. The zero-order valence-electron chi connectivity index (χ0n) is 11.5. The SMILES string of the molecule is COc1cc(N2CC(S(N)(=O)=O)CC2=O)ccc1OC(F)F. The molecule has 1 aromatic carbocycles. The molecule has 1 fully saturated rings. The summed E-state index contributed by atoms with van der Waals surface area (Å²) < 4.78 is 56.4. The summed E-state index contributed by atoms with van der Waals surface area (Å²) in [7, 11) is -2.57. The number of nitrogens with two attached hydrogens (primary N) is 1. The summed E-state index contributed by atoms with van der Waals surface area (Å²) in [5, 5.41) is 4.05. The Morgan fingerprint density at radius 2 is 2.05 bits per heavy atom. The Morgan fingerprint density at radius 1 is 1.36 bits per heavy atom. The zero-order chi connectivity index (χ0) is 16.5. The largest absolute Gasteiger partial charge is 0.493 e. The van der Waals surface area contributed by atoms with Crippen LogP contribution in [0.25, 0.3) is 0 Å². The van der Waals surface area contributed by atoms with E-state index in [-0.39, 0.29) is 24.5 Å². The number of halogens is 2. The Hall–Kier alpha value is -1.94. The average molecular weight is 336 g/mol. The van der Waals surface area contributed by atoms with Crippen molar-refractivity contribution in [3.8, 4) is 11.5 Å². The lowest BCUT2D eigenvalue weighted by molar-refractivity contribution is -0.117. The fraction of sp³-hybridized carbons (Fsp3) is 0.417. The minimum Gasteiger partial charge on any atom is -0.493 e. The topological polar surface area (TPSA) is 98.9 Å². The van der Waals surface area contributed by atoms with Crippen LogP contribution in [0.15, 0.2) is 18.2 Å². The molecule has 0 spiro atoms. The van der Waals surface area contributed by atoms with Crippen LogP contribution in [0, 0.1) is 0 Å². The molecular weight excluding hydrogens is 322 g/mol. The Bertz CT molecular complexity index is 680. The zero-order valence-corrected chi connectivity index (χ0v) is 12.3. The highest BCUT2D eigenvalue weighted by molar-refractivity contribution is 7.89. The van der Waals surface area contributed by atoms with E-state index in [1.807, 2.05) is 0 Å². The molecule has 7 nitrogen and oxygen atoms in total. The lowest BCUT2D eigenvalue weighted by Gasteiger charge is -2.18. The third-order valence-corrected chi connectivity index (χ3v) is 4.47. The lowest BCUT2D eigenvalue weighted by Crippen LogP contribution is -2.32. The van der Waals surface area contributed by atoms with Crippen LogP contribution < -0.4 is 19.5 Å². The van der Waals surface area contributed by atoms with Gasteiger partial charge in [-0.1, -0.05) is 0 Å². The van der Waals surface area contributed by atoms with Gasteiger partial charge in [-0.15, -0.1) is 0 Å². The number of benzene rings is 1. The van der Waals surface area contributed by atoms with Crippen molar-refractivity contribution in [3.63, 3.8) is 0 Å². The molecule has 2 N–H and O–H groups in total. The second-order valence-electron chi connectivity index (χ2n) is 4.63. The number of sulfonamides is 1. The maximum atomic E-state index is 12.3. The predicted octanol–water partition coefficient (Wildman–Crippen LogP) is 0.690. The summed E-state index contributed by atoms with van der Waals surface area (Å²) in [6.07, 6.45) is -0.226. The Morgan fingerprint density at radius 3 is 2.55 bits per heavy atom. The molecule has 0 saturated carbocycles. The normalized spacial score (nSPS) is 18.9. The molecule has 0 radical (unpaired) electrons. The summed E-state index contributed by atoms with van der Waals surface area (Å²) in [5.74, 6) is -0.607. The molecule has 1 aromatic rings. The molecule has 10 heteroatoms. The van der Waals surface area contributed by atoms with Crippen LogP contribution in [0.4, 0.5) is 14.5 Å². The van der Waals surface area contributed by atoms with Crippen LogP contribution in [0.3, 0.4) is 0 Å². The molecule has 122 valence electrons. The monoisotopic (exact) mass is 336 g/mol. The average Bonchev–Trinajstić information content (AvgIpc) is 2.81. The maximum absolute atomic E-state index is 12.3. The van der Waals surface area contributed by atoms with Crippen molar-refractivity contribution in [3.05, 3.63) is 18.2 Å². The highest BCUT2D eigenvalue weighted by atomic mass is 32.2. The van der Waals surface area contributed by atoms with E-state index in [0.29, 0.717) is 5.69 Å². The number of anilines is 1. The van der Waals surface area contributed by atoms with Crippen LogP contribution in [-0.2, 0) is 14.8 Å². The maximum Gasteiger partial charge on any atom is 0.387 e. The smallest absolute Gasteiger partial charge is 0.387 e. The van der Waals surface area contributed by atoms with Crippen molar-refractivity contribution in [2.24, 2.45) is 5.14 Å². The molecule has 22 heavy (non-hydrogen) atoms. The second-order valence-corrected chi connectivity index (χ2v) is 6.48. The number of hydrogen-bond acceptors (Lipinski definition) is 5. The van der Waals surface area contributed by atoms with E-state index in [1.54, 1.807) is 0 Å². The van der Waals surface area contributed by atoms with Gasteiger partial charge in [0.2, 0.25) is 15.9 Å². The van der Waals surface area contributed by atoms with Gasteiger partial charge in [0.15, 0.2) is 11.5 Å². The first kappa shape index (κ1) is 16.4. The minimum absolute atomic E-state index is 0.00431. The van der Waals surface area contributed by atoms with E-state index in [2.05, 4.69) is 4.74 Å². The number of carbonyl (C=O) groups is 1. The van der Waals surface area contributed by atoms with Gasteiger partial charge >= 0.3 is 6.61 Å². The number of nitrogens with zero attached hydrogens (tertiary/aromatic N) is 1. The van der Waals surface area contributed by atoms with Gasteiger partial charge in [-0.2, -0.15) is 8.78 Å². The standard InChI is InChI=1S/C12H14F2N2O5S/c1-20-10-4-7(2-3-9(10)21-12(13)14)16-6-8(5-11(16)17)22(15,18)19/h2-4,8,12H,5-6H2,1H3,(H2,15,18,19). The van der Waals surface area contributed by atoms with Crippen molar-refractivity contribution in [1.82, 2.24) is 0 Å². The highest BCUT2D eigenvalue weighted by Crippen LogP contribution is 2.34. The Labute approximate surface area is 125 Å². The molecule has 1 saturated heterocycles. The van der Waals surface area contributed by atoms with Crippen molar-refractivity contribution in [2.45, 2.75) is 18.3 Å². The predicted molar refractivity (Wildman–Crippen MR) is 73.5 cm³/mol. The molecule has 0 aromatic heterocycles. The van der Waals surface area contributed by atoms with Crippen molar-refractivity contribution in [1.29, 1.82) is 0 Å². The number of rotatable bonds is 5. The van der Waals surface area contributed by atoms with Gasteiger partial charge in [0.1, 0.15) is 5.25 Å². The van der Waals surface area contributed by atoms with E-state index >= 15 is 0 Å². The van der Waals surface area contributed by atoms with Gasteiger partial charge in [-0.25, -0.2) is 13.6 Å². The molecule has 1 amide bonds. The van der Waals surface area contributed by atoms with Gasteiger partial charge in [-0.05, 0) is 12.1 Å². The Kier molecular flexibility index (Phi) is 4.52. The van der Waals surface area contributed by atoms with Gasteiger partial charge in [0.25, 0.3) is 0 Å². The van der Waals surface area contributed by atoms with Crippen LogP contribution in [-0.4, -0.2) is 39.8 Å². The quantitative estimate of drug-likeness (QED) is 0.853. The summed E-state index contributed by atoms with van der Waals surface area (Å²) in [5.41, 5.74) is 0.314. The fourth-order valence-electron chi connectivity index (χ4n) is 2.16. The van der Waals surface area contributed by atoms with Gasteiger partial charge in [0.05, 0.1) is 7.11 Å². The molecule has 1 heterocycles.